The van der Waals surface area contributed by atoms with Gasteiger partial charge in [-0.15, -0.1) is 0 Å². The molecule has 0 spiro atoms. The Morgan fingerprint density at radius 1 is 1.06 bits per heavy atom. The van der Waals surface area contributed by atoms with E-state index < -0.39 is 0 Å². The molecule has 0 N–H and O–H groups in total. The quantitative estimate of drug-likeness (QED) is 0.732. The van der Waals surface area contributed by atoms with Gasteiger partial charge in [-0.2, -0.15) is 0 Å². The first-order valence-electron chi connectivity index (χ1n) is 5.43. The SMILES string of the molecule is Cc1ccc(C)c(Oc2cnc(Cl)c(C)c2)c1. The van der Waals surface area contributed by atoms with E-state index >= 15 is 0 Å². The van der Waals surface area contributed by atoms with Crippen LogP contribution in [0.1, 0.15) is 16.7 Å². The highest BCUT2D eigenvalue weighted by Crippen LogP contribution is 2.27. The van der Waals surface area contributed by atoms with E-state index in [9.17, 15) is 0 Å². The number of rotatable bonds is 2. The van der Waals surface area contributed by atoms with Crippen LogP contribution in [0.15, 0.2) is 30.5 Å². The number of hydrogen-bond donors (Lipinski definition) is 0. The molecule has 2 aromatic rings. The third kappa shape index (κ3) is 2.77. The lowest BCUT2D eigenvalue weighted by atomic mass is 10.1. The molecule has 2 rings (SSSR count). The molecule has 0 atom stereocenters. The normalized spacial score (nSPS) is 10.4. The van der Waals surface area contributed by atoms with Gasteiger partial charge in [0.15, 0.2) is 0 Å². The van der Waals surface area contributed by atoms with E-state index in [0.29, 0.717) is 10.9 Å². The smallest absolute Gasteiger partial charge is 0.146 e. The molecule has 3 heteroatoms. The minimum absolute atomic E-state index is 0.512. The summed E-state index contributed by atoms with van der Waals surface area (Å²) >= 11 is 5.87. The topological polar surface area (TPSA) is 22.1 Å². The molecule has 88 valence electrons. The molecule has 0 saturated carbocycles. The molecule has 1 aromatic heterocycles. The number of halogens is 1. The molecule has 0 aliphatic rings. The van der Waals surface area contributed by atoms with Gasteiger partial charge in [0.1, 0.15) is 16.7 Å². The van der Waals surface area contributed by atoms with Crippen LogP contribution in [-0.2, 0) is 0 Å². The molecule has 1 heterocycles. The lowest BCUT2D eigenvalue weighted by Gasteiger charge is -2.10. The van der Waals surface area contributed by atoms with Gasteiger partial charge in [-0.3, -0.25) is 0 Å². The van der Waals surface area contributed by atoms with Crippen LogP contribution in [0.5, 0.6) is 11.5 Å². The van der Waals surface area contributed by atoms with Crippen molar-refractivity contribution in [1.82, 2.24) is 4.98 Å². The van der Waals surface area contributed by atoms with Gasteiger partial charge in [-0.1, -0.05) is 23.7 Å². The summed E-state index contributed by atoms with van der Waals surface area (Å²) in [5, 5.41) is 0.512. The second kappa shape index (κ2) is 4.76. The van der Waals surface area contributed by atoms with E-state index in [1.54, 1.807) is 6.20 Å². The molecular formula is C14H14ClNO. The molecule has 17 heavy (non-hydrogen) atoms. The molecular weight excluding hydrogens is 234 g/mol. The molecule has 0 radical (unpaired) electrons. The third-order valence-electron chi connectivity index (χ3n) is 2.56. The van der Waals surface area contributed by atoms with E-state index in [-0.39, 0.29) is 0 Å². The minimum atomic E-state index is 0.512. The summed E-state index contributed by atoms with van der Waals surface area (Å²) in [6.07, 6.45) is 1.64. The Labute approximate surface area is 106 Å². The van der Waals surface area contributed by atoms with Crippen molar-refractivity contribution in [2.45, 2.75) is 20.8 Å². The zero-order chi connectivity index (χ0) is 12.4. The largest absolute Gasteiger partial charge is 0.455 e. The minimum Gasteiger partial charge on any atom is -0.455 e. The van der Waals surface area contributed by atoms with Crippen LogP contribution in [-0.4, -0.2) is 4.98 Å². The maximum Gasteiger partial charge on any atom is 0.146 e. The van der Waals surface area contributed by atoms with Gasteiger partial charge >= 0.3 is 0 Å². The molecule has 0 amide bonds. The zero-order valence-corrected chi connectivity index (χ0v) is 10.9. The Hall–Kier alpha value is -1.54. The van der Waals surface area contributed by atoms with E-state index in [1.165, 1.54) is 5.56 Å². The number of nitrogens with zero attached hydrogens (tertiary/aromatic N) is 1. The number of benzene rings is 1. The number of hydrogen-bond acceptors (Lipinski definition) is 2. The summed E-state index contributed by atoms with van der Waals surface area (Å²) in [5.41, 5.74) is 3.18. The summed E-state index contributed by atoms with van der Waals surface area (Å²) in [6.45, 7) is 5.97. The average molecular weight is 248 g/mol. The van der Waals surface area contributed by atoms with E-state index in [1.807, 2.05) is 39.0 Å². The van der Waals surface area contributed by atoms with Crippen molar-refractivity contribution in [3.05, 3.63) is 52.3 Å². The second-order valence-electron chi connectivity index (χ2n) is 4.15. The van der Waals surface area contributed by atoms with Gasteiger partial charge in [-0.05, 0) is 49.6 Å². The Bertz CT molecular complexity index is 552. The summed E-state index contributed by atoms with van der Waals surface area (Å²) in [7, 11) is 0. The summed E-state index contributed by atoms with van der Waals surface area (Å²) in [4.78, 5) is 4.07. The lowest BCUT2D eigenvalue weighted by molar-refractivity contribution is 0.475. The van der Waals surface area contributed by atoms with Gasteiger partial charge in [0, 0.05) is 0 Å². The van der Waals surface area contributed by atoms with Crippen molar-refractivity contribution in [1.29, 1.82) is 0 Å². The van der Waals surface area contributed by atoms with E-state index in [4.69, 9.17) is 16.3 Å². The fourth-order valence-corrected chi connectivity index (χ4v) is 1.64. The Kier molecular flexibility index (Phi) is 3.34. The molecule has 1 aromatic carbocycles. The Morgan fingerprint density at radius 3 is 2.53 bits per heavy atom. The van der Waals surface area contributed by atoms with Crippen molar-refractivity contribution in [3.63, 3.8) is 0 Å². The highest BCUT2D eigenvalue weighted by molar-refractivity contribution is 6.30. The molecule has 0 saturated heterocycles. The van der Waals surface area contributed by atoms with Gasteiger partial charge in [-0.25, -0.2) is 4.98 Å². The predicted molar refractivity (Wildman–Crippen MR) is 70.0 cm³/mol. The second-order valence-corrected chi connectivity index (χ2v) is 4.51. The summed E-state index contributed by atoms with van der Waals surface area (Å²) < 4.78 is 5.80. The van der Waals surface area contributed by atoms with Crippen LogP contribution >= 0.6 is 11.6 Å². The van der Waals surface area contributed by atoms with Crippen molar-refractivity contribution < 1.29 is 4.74 Å². The fraction of sp³-hybridized carbons (Fsp3) is 0.214. The standard InChI is InChI=1S/C14H14ClNO/c1-9-4-5-10(2)13(6-9)17-12-7-11(3)14(15)16-8-12/h4-8H,1-3H3. The van der Waals surface area contributed by atoms with Crippen molar-refractivity contribution >= 4 is 11.6 Å². The van der Waals surface area contributed by atoms with Crippen LogP contribution in [0.4, 0.5) is 0 Å². The van der Waals surface area contributed by atoms with Gasteiger partial charge in [0.05, 0.1) is 6.20 Å². The monoisotopic (exact) mass is 247 g/mol. The molecule has 0 bridgehead atoms. The van der Waals surface area contributed by atoms with E-state index in [2.05, 4.69) is 11.1 Å². The van der Waals surface area contributed by atoms with Crippen molar-refractivity contribution in [3.8, 4) is 11.5 Å². The van der Waals surface area contributed by atoms with Crippen LogP contribution in [0.2, 0.25) is 5.15 Å². The van der Waals surface area contributed by atoms with E-state index in [0.717, 1.165) is 16.9 Å². The highest BCUT2D eigenvalue weighted by atomic mass is 35.5. The summed E-state index contributed by atoms with van der Waals surface area (Å²) in [6, 6.07) is 8.00. The van der Waals surface area contributed by atoms with Gasteiger partial charge in [0.25, 0.3) is 0 Å². The number of ether oxygens (including phenoxy) is 1. The molecule has 2 nitrogen and oxygen atoms in total. The third-order valence-corrected chi connectivity index (χ3v) is 2.96. The Balaban J connectivity index is 2.31. The number of aromatic nitrogens is 1. The molecule has 0 aliphatic carbocycles. The summed E-state index contributed by atoms with van der Waals surface area (Å²) in [5.74, 6) is 1.56. The first-order valence-corrected chi connectivity index (χ1v) is 5.81. The van der Waals surface area contributed by atoms with Crippen molar-refractivity contribution in [2.75, 3.05) is 0 Å². The molecule has 0 fully saturated rings. The average Bonchev–Trinajstić information content (AvgIpc) is 2.29. The predicted octanol–water partition coefficient (Wildman–Crippen LogP) is 4.45. The first kappa shape index (κ1) is 11.9. The molecule has 0 unspecified atom stereocenters. The number of pyridine rings is 1. The Morgan fingerprint density at radius 2 is 1.82 bits per heavy atom. The number of aryl methyl sites for hydroxylation is 3. The van der Waals surface area contributed by atoms with Crippen LogP contribution in [0.25, 0.3) is 0 Å². The van der Waals surface area contributed by atoms with Gasteiger partial charge in [0.2, 0.25) is 0 Å². The lowest BCUT2D eigenvalue weighted by Crippen LogP contribution is -1.90. The maximum atomic E-state index is 5.87. The van der Waals surface area contributed by atoms with Crippen LogP contribution in [0, 0.1) is 20.8 Å². The van der Waals surface area contributed by atoms with Crippen LogP contribution in [0.3, 0.4) is 0 Å². The highest BCUT2D eigenvalue weighted by Gasteiger charge is 2.04. The van der Waals surface area contributed by atoms with Crippen molar-refractivity contribution in [2.24, 2.45) is 0 Å². The zero-order valence-electron chi connectivity index (χ0n) is 10.1. The van der Waals surface area contributed by atoms with Gasteiger partial charge < -0.3 is 4.74 Å². The maximum absolute atomic E-state index is 5.87. The first-order chi connectivity index (χ1) is 8.06. The fourth-order valence-electron chi connectivity index (χ4n) is 1.53. The molecule has 0 aliphatic heterocycles. The van der Waals surface area contributed by atoms with Crippen LogP contribution < -0.4 is 4.74 Å².